The topological polar surface area (TPSA) is 51.6 Å². The predicted octanol–water partition coefficient (Wildman–Crippen LogP) is 2.75. The Morgan fingerprint density at radius 2 is 2.24 bits per heavy atom. The Labute approximate surface area is 125 Å². The van der Waals surface area contributed by atoms with Gasteiger partial charge in [-0.25, -0.2) is 0 Å². The molecule has 0 bridgehead atoms. The van der Waals surface area contributed by atoms with Crippen LogP contribution in [0.1, 0.15) is 24.2 Å². The number of fused-ring (bicyclic) bond motifs is 1. The molecule has 1 unspecified atom stereocenters. The Hall–Kier alpha value is -1.36. The molecule has 0 aliphatic carbocycles. The summed E-state index contributed by atoms with van der Waals surface area (Å²) in [6.07, 6.45) is 2.49. The zero-order valence-electron chi connectivity index (χ0n) is 12.7. The van der Waals surface area contributed by atoms with E-state index in [9.17, 15) is 0 Å². The van der Waals surface area contributed by atoms with Gasteiger partial charge in [-0.15, -0.1) is 0 Å². The highest BCUT2D eigenvalue weighted by Gasteiger charge is 2.22. The van der Waals surface area contributed by atoms with Crippen LogP contribution >= 0.6 is 0 Å². The minimum Gasteiger partial charge on any atom is -0.459 e. The molecule has 4 nitrogen and oxygen atoms in total. The summed E-state index contributed by atoms with van der Waals surface area (Å²) in [6.45, 7) is 4.43. The van der Waals surface area contributed by atoms with E-state index < -0.39 is 0 Å². The van der Waals surface area contributed by atoms with Crippen molar-refractivity contribution in [1.29, 1.82) is 0 Å². The van der Waals surface area contributed by atoms with Gasteiger partial charge in [0, 0.05) is 31.1 Å². The maximum absolute atomic E-state index is 6.04. The fourth-order valence-corrected chi connectivity index (χ4v) is 3.37. The molecule has 3 rings (SSSR count). The second kappa shape index (κ2) is 6.60. The van der Waals surface area contributed by atoms with Crippen LogP contribution in [-0.2, 0) is 17.8 Å². The number of hydrogen-bond donors (Lipinski definition) is 1. The van der Waals surface area contributed by atoms with Crippen LogP contribution in [0.5, 0.6) is 0 Å². The van der Waals surface area contributed by atoms with E-state index in [0.717, 1.165) is 48.5 Å². The molecule has 1 saturated heterocycles. The number of hydrogen-bond acceptors (Lipinski definition) is 4. The average Bonchev–Trinajstić information content (AvgIpc) is 2.85. The quantitative estimate of drug-likeness (QED) is 0.919. The number of nitrogens with zero attached hydrogens (tertiary/aromatic N) is 1. The van der Waals surface area contributed by atoms with Gasteiger partial charge in [-0.2, -0.15) is 0 Å². The van der Waals surface area contributed by atoms with Crippen LogP contribution in [0.3, 0.4) is 0 Å². The highest BCUT2D eigenvalue weighted by atomic mass is 16.5. The van der Waals surface area contributed by atoms with Gasteiger partial charge >= 0.3 is 0 Å². The third-order valence-corrected chi connectivity index (χ3v) is 4.36. The Balaban J connectivity index is 1.78. The fraction of sp³-hybridized carbons (Fsp3) is 0.529. The van der Waals surface area contributed by atoms with Crippen molar-refractivity contribution >= 4 is 11.0 Å². The number of methoxy groups -OCH3 is 1. The second-order valence-electron chi connectivity index (χ2n) is 5.90. The molecule has 2 heterocycles. The summed E-state index contributed by atoms with van der Waals surface area (Å²) in [6, 6.07) is 8.15. The molecule has 1 aromatic heterocycles. The molecule has 0 saturated carbocycles. The Kier molecular flexibility index (Phi) is 4.58. The lowest BCUT2D eigenvalue weighted by Gasteiger charge is -2.31. The van der Waals surface area contributed by atoms with Gasteiger partial charge in [0.25, 0.3) is 0 Å². The molecule has 1 aliphatic rings. The van der Waals surface area contributed by atoms with Crippen LogP contribution in [0.15, 0.2) is 28.7 Å². The SMILES string of the molecule is COCC1CCCN(Cc2oc3ccccc3c2CN)C1. The number of benzene rings is 1. The van der Waals surface area contributed by atoms with Crippen LogP contribution in [0.2, 0.25) is 0 Å². The van der Waals surface area contributed by atoms with Gasteiger partial charge in [-0.05, 0) is 31.4 Å². The van der Waals surface area contributed by atoms with E-state index in [0.29, 0.717) is 12.5 Å². The smallest absolute Gasteiger partial charge is 0.134 e. The number of nitrogens with two attached hydrogens (primary N) is 1. The minimum atomic E-state index is 0.529. The van der Waals surface area contributed by atoms with Gasteiger partial charge in [-0.1, -0.05) is 18.2 Å². The Morgan fingerprint density at radius 3 is 3.05 bits per heavy atom. The van der Waals surface area contributed by atoms with Crippen LogP contribution in [-0.4, -0.2) is 31.7 Å². The van der Waals surface area contributed by atoms with Gasteiger partial charge in [0.15, 0.2) is 0 Å². The molecule has 114 valence electrons. The molecule has 2 N–H and O–H groups in total. The van der Waals surface area contributed by atoms with Gasteiger partial charge in [-0.3, -0.25) is 4.90 Å². The third-order valence-electron chi connectivity index (χ3n) is 4.36. The standard InChI is InChI=1S/C17H24N2O2/c1-20-12-13-5-4-8-19(10-13)11-17-15(9-18)14-6-2-3-7-16(14)21-17/h2-3,6-7,13H,4-5,8-12,18H2,1H3. The number of likely N-dealkylation sites (tertiary alicyclic amines) is 1. The first-order chi connectivity index (χ1) is 10.3. The van der Waals surface area contributed by atoms with Gasteiger partial charge < -0.3 is 14.9 Å². The first kappa shape index (κ1) is 14.6. The van der Waals surface area contributed by atoms with E-state index in [-0.39, 0.29) is 0 Å². The number of para-hydroxylation sites is 1. The minimum absolute atomic E-state index is 0.529. The van der Waals surface area contributed by atoms with Crippen molar-refractivity contribution in [3.8, 4) is 0 Å². The zero-order chi connectivity index (χ0) is 14.7. The van der Waals surface area contributed by atoms with E-state index in [1.807, 2.05) is 18.2 Å². The van der Waals surface area contributed by atoms with Crippen LogP contribution in [0.4, 0.5) is 0 Å². The monoisotopic (exact) mass is 288 g/mol. The lowest BCUT2D eigenvalue weighted by atomic mass is 9.98. The number of piperidine rings is 1. The second-order valence-corrected chi connectivity index (χ2v) is 5.90. The van der Waals surface area contributed by atoms with Gasteiger partial charge in [0.1, 0.15) is 11.3 Å². The van der Waals surface area contributed by atoms with Crippen LogP contribution in [0, 0.1) is 5.92 Å². The lowest BCUT2D eigenvalue weighted by molar-refractivity contribution is 0.0841. The number of rotatable bonds is 5. The average molecular weight is 288 g/mol. The first-order valence-electron chi connectivity index (χ1n) is 7.72. The largest absolute Gasteiger partial charge is 0.459 e. The van der Waals surface area contributed by atoms with Crippen LogP contribution < -0.4 is 5.73 Å². The van der Waals surface area contributed by atoms with Crippen molar-refractivity contribution < 1.29 is 9.15 Å². The molecule has 1 aliphatic heterocycles. The predicted molar refractivity (Wildman–Crippen MR) is 84.0 cm³/mol. The van der Waals surface area contributed by atoms with E-state index >= 15 is 0 Å². The molecule has 1 aromatic carbocycles. The van der Waals surface area contributed by atoms with Crippen molar-refractivity contribution in [3.05, 3.63) is 35.6 Å². The summed E-state index contributed by atoms with van der Waals surface area (Å²) in [7, 11) is 1.78. The van der Waals surface area contributed by atoms with E-state index in [1.54, 1.807) is 7.11 Å². The van der Waals surface area contributed by atoms with Crippen molar-refractivity contribution in [2.75, 3.05) is 26.8 Å². The van der Waals surface area contributed by atoms with Crippen molar-refractivity contribution in [1.82, 2.24) is 4.90 Å². The molecule has 1 atom stereocenters. The van der Waals surface area contributed by atoms with Crippen molar-refractivity contribution in [2.24, 2.45) is 11.7 Å². The molecular formula is C17H24N2O2. The van der Waals surface area contributed by atoms with E-state index in [2.05, 4.69) is 11.0 Å². The summed E-state index contributed by atoms with van der Waals surface area (Å²) in [5, 5.41) is 1.15. The maximum atomic E-state index is 6.04. The first-order valence-corrected chi connectivity index (χ1v) is 7.72. The molecule has 0 spiro atoms. The van der Waals surface area contributed by atoms with Crippen LogP contribution in [0.25, 0.3) is 11.0 Å². The zero-order valence-corrected chi connectivity index (χ0v) is 12.7. The van der Waals surface area contributed by atoms with Crippen molar-refractivity contribution in [3.63, 3.8) is 0 Å². The van der Waals surface area contributed by atoms with E-state index in [1.165, 1.54) is 12.8 Å². The molecule has 21 heavy (non-hydrogen) atoms. The van der Waals surface area contributed by atoms with Gasteiger partial charge in [0.05, 0.1) is 13.2 Å². The molecule has 1 fully saturated rings. The van der Waals surface area contributed by atoms with Gasteiger partial charge in [0.2, 0.25) is 0 Å². The number of furan rings is 1. The lowest BCUT2D eigenvalue weighted by Crippen LogP contribution is -2.36. The summed E-state index contributed by atoms with van der Waals surface area (Å²) >= 11 is 0. The Bertz CT molecular complexity index is 591. The van der Waals surface area contributed by atoms with E-state index in [4.69, 9.17) is 14.9 Å². The number of ether oxygens (including phenoxy) is 1. The maximum Gasteiger partial charge on any atom is 0.134 e. The Morgan fingerprint density at radius 1 is 1.38 bits per heavy atom. The highest BCUT2D eigenvalue weighted by molar-refractivity contribution is 5.82. The summed E-state index contributed by atoms with van der Waals surface area (Å²) < 4.78 is 11.3. The molecule has 0 radical (unpaired) electrons. The summed E-state index contributed by atoms with van der Waals surface area (Å²) in [5.74, 6) is 1.66. The fourth-order valence-electron chi connectivity index (χ4n) is 3.37. The summed E-state index contributed by atoms with van der Waals surface area (Å²) in [5.41, 5.74) is 8.04. The summed E-state index contributed by atoms with van der Waals surface area (Å²) in [4.78, 5) is 2.46. The highest BCUT2D eigenvalue weighted by Crippen LogP contribution is 2.28. The molecule has 4 heteroatoms. The van der Waals surface area contributed by atoms with Crippen molar-refractivity contribution in [2.45, 2.75) is 25.9 Å². The molecule has 0 amide bonds. The normalized spacial score (nSPS) is 20.2. The molecular weight excluding hydrogens is 264 g/mol. The third kappa shape index (κ3) is 3.12. The molecule has 2 aromatic rings.